The third-order valence-electron chi connectivity index (χ3n) is 4.52. The lowest BCUT2D eigenvalue weighted by atomic mass is 10.1. The molecule has 1 aliphatic heterocycles. The Balaban J connectivity index is 1.84. The van der Waals surface area contributed by atoms with Crippen LogP contribution in [0.5, 0.6) is 5.75 Å². The number of benzene rings is 1. The Hall–Kier alpha value is -2.60. The van der Waals surface area contributed by atoms with Crippen molar-refractivity contribution in [3.05, 3.63) is 63.6 Å². The quantitative estimate of drug-likeness (QED) is 0.863. The molecule has 1 aliphatic rings. The maximum atomic E-state index is 13.0. The van der Waals surface area contributed by atoms with Crippen molar-refractivity contribution in [1.82, 2.24) is 9.88 Å². The number of amides is 1. The first-order chi connectivity index (χ1) is 12.6. The van der Waals surface area contributed by atoms with Crippen LogP contribution < -0.4 is 10.2 Å². The Morgan fingerprint density at radius 1 is 1.38 bits per heavy atom. The number of nitrogens with one attached hydrogen (secondary N) is 1. The molecule has 1 aromatic heterocycles. The summed E-state index contributed by atoms with van der Waals surface area (Å²) in [4.78, 5) is 29.7. The van der Waals surface area contributed by atoms with Crippen molar-refractivity contribution in [2.75, 3.05) is 20.3 Å². The fourth-order valence-corrected chi connectivity index (χ4v) is 3.20. The second-order valence-corrected chi connectivity index (χ2v) is 6.59. The predicted octanol–water partition coefficient (Wildman–Crippen LogP) is 2.51. The first kappa shape index (κ1) is 18.2. The van der Waals surface area contributed by atoms with Gasteiger partial charge in [0.2, 0.25) is 5.43 Å². The van der Waals surface area contributed by atoms with Crippen molar-refractivity contribution in [2.45, 2.75) is 32.4 Å². The van der Waals surface area contributed by atoms with Gasteiger partial charge in [0.05, 0.1) is 13.2 Å². The summed E-state index contributed by atoms with van der Waals surface area (Å²) in [5.41, 5.74) is 2.13. The van der Waals surface area contributed by atoms with Gasteiger partial charge in [-0.3, -0.25) is 9.59 Å². The highest BCUT2D eigenvalue weighted by Gasteiger charge is 2.24. The van der Waals surface area contributed by atoms with Crippen LogP contribution in [0.3, 0.4) is 0 Å². The van der Waals surface area contributed by atoms with Crippen molar-refractivity contribution in [2.24, 2.45) is 0 Å². The average Bonchev–Trinajstić information content (AvgIpc) is 3.13. The third kappa shape index (κ3) is 4.32. The van der Waals surface area contributed by atoms with Gasteiger partial charge >= 0.3 is 0 Å². The molecule has 26 heavy (non-hydrogen) atoms. The third-order valence-corrected chi connectivity index (χ3v) is 4.52. The zero-order chi connectivity index (χ0) is 18.5. The molecule has 2 aromatic rings. The van der Waals surface area contributed by atoms with Crippen LogP contribution in [0, 0.1) is 6.92 Å². The van der Waals surface area contributed by atoms with Gasteiger partial charge in [-0.2, -0.15) is 0 Å². The van der Waals surface area contributed by atoms with E-state index >= 15 is 0 Å². The molecule has 0 aliphatic carbocycles. The number of rotatable bonds is 6. The van der Waals surface area contributed by atoms with E-state index in [9.17, 15) is 9.59 Å². The molecule has 6 heteroatoms. The lowest BCUT2D eigenvalue weighted by molar-refractivity contribution is 0.0502. The highest BCUT2D eigenvalue weighted by atomic mass is 16.5. The lowest BCUT2D eigenvalue weighted by Crippen LogP contribution is -2.37. The minimum atomic E-state index is -0.317. The van der Waals surface area contributed by atoms with Gasteiger partial charge in [-0.05, 0) is 25.3 Å². The van der Waals surface area contributed by atoms with E-state index in [0.29, 0.717) is 13.1 Å². The normalized spacial score (nSPS) is 16.5. The second kappa shape index (κ2) is 8.19. The zero-order valence-corrected chi connectivity index (χ0v) is 15.2. The number of carbonyl (C=O) groups is 1. The summed E-state index contributed by atoms with van der Waals surface area (Å²) in [5.74, 6) is -0.0346. The molecule has 0 radical (unpaired) electrons. The molecule has 1 amide bonds. The molecular formula is C20H24N2O4. The van der Waals surface area contributed by atoms with Gasteiger partial charge in [-0.25, -0.2) is 0 Å². The highest BCUT2D eigenvalue weighted by molar-refractivity contribution is 5.92. The van der Waals surface area contributed by atoms with Gasteiger partial charge < -0.3 is 19.4 Å². The van der Waals surface area contributed by atoms with Gasteiger partial charge in [0.1, 0.15) is 5.69 Å². The van der Waals surface area contributed by atoms with Crippen LogP contribution in [0.2, 0.25) is 0 Å². The molecule has 3 rings (SSSR count). The number of methoxy groups -OCH3 is 1. The molecule has 6 nitrogen and oxygen atoms in total. The topological polar surface area (TPSA) is 71.6 Å². The van der Waals surface area contributed by atoms with Gasteiger partial charge in [-0.1, -0.05) is 29.8 Å². The van der Waals surface area contributed by atoms with Crippen molar-refractivity contribution in [1.29, 1.82) is 0 Å². The van der Waals surface area contributed by atoms with E-state index in [1.165, 1.54) is 19.4 Å². The maximum absolute atomic E-state index is 13.0. The number of carbonyl (C=O) groups excluding carboxylic acids is 1. The highest BCUT2D eigenvalue weighted by Crippen LogP contribution is 2.17. The number of aryl methyl sites for hydroxylation is 1. The molecule has 1 fully saturated rings. The van der Waals surface area contributed by atoms with Crippen molar-refractivity contribution in [3.8, 4) is 5.75 Å². The largest absolute Gasteiger partial charge is 0.491 e. The summed E-state index contributed by atoms with van der Waals surface area (Å²) < 4.78 is 10.7. The van der Waals surface area contributed by atoms with Gasteiger partial charge in [-0.15, -0.1) is 0 Å². The standard InChI is InChI=1S/C20H24N2O4/c1-14-5-3-6-15(9-14)12-22(13-16-7-4-8-26-16)20(24)17-10-18(23)19(25-2)11-21-17/h3,5-6,9-11,16H,4,7-8,12-13H2,1-2H3,(H,21,23)/t16-/m0/s1. The van der Waals surface area contributed by atoms with E-state index in [0.717, 1.165) is 30.6 Å². The van der Waals surface area contributed by atoms with Crippen molar-refractivity contribution in [3.63, 3.8) is 0 Å². The molecule has 0 bridgehead atoms. The number of pyridine rings is 1. The number of hydrogen-bond donors (Lipinski definition) is 1. The van der Waals surface area contributed by atoms with E-state index < -0.39 is 0 Å². The Morgan fingerprint density at radius 3 is 2.88 bits per heavy atom. The Bertz CT molecular complexity index is 825. The number of H-pyrrole nitrogens is 1. The first-order valence-electron chi connectivity index (χ1n) is 8.80. The van der Waals surface area contributed by atoms with E-state index in [1.807, 2.05) is 25.1 Å². The second-order valence-electron chi connectivity index (χ2n) is 6.59. The molecule has 1 atom stereocenters. The molecule has 2 heterocycles. The summed E-state index contributed by atoms with van der Waals surface area (Å²) in [5, 5.41) is 0. The summed E-state index contributed by atoms with van der Waals surface area (Å²) in [6, 6.07) is 9.36. The monoisotopic (exact) mass is 356 g/mol. The molecule has 0 unspecified atom stereocenters. The Labute approximate surface area is 152 Å². The number of aromatic nitrogens is 1. The van der Waals surface area contributed by atoms with Crippen LogP contribution in [-0.2, 0) is 11.3 Å². The average molecular weight is 356 g/mol. The van der Waals surface area contributed by atoms with Crippen LogP contribution in [0.25, 0.3) is 0 Å². The molecule has 1 aromatic carbocycles. The van der Waals surface area contributed by atoms with Crippen LogP contribution in [0.15, 0.2) is 41.3 Å². The van der Waals surface area contributed by atoms with E-state index in [1.54, 1.807) is 4.90 Å². The van der Waals surface area contributed by atoms with E-state index in [-0.39, 0.29) is 28.9 Å². The minimum absolute atomic E-state index is 0.0359. The summed E-state index contributed by atoms with van der Waals surface area (Å²) >= 11 is 0. The lowest BCUT2D eigenvalue weighted by Gasteiger charge is -2.25. The Morgan fingerprint density at radius 2 is 2.23 bits per heavy atom. The van der Waals surface area contributed by atoms with Crippen molar-refractivity contribution >= 4 is 5.91 Å². The van der Waals surface area contributed by atoms with Gasteiger partial charge in [0.25, 0.3) is 5.91 Å². The smallest absolute Gasteiger partial charge is 0.270 e. The maximum Gasteiger partial charge on any atom is 0.270 e. The molecule has 0 saturated carbocycles. The SMILES string of the molecule is COc1c[nH]c(C(=O)N(Cc2cccc(C)c2)C[C@@H]2CCCO2)cc1=O. The zero-order valence-electron chi connectivity index (χ0n) is 15.2. The molecule has 1 saturated heterocycles. The van der Waals surface area contributed by atoms with Gasteiger partial charge in [0.15, 0.2) is 5.75 Å². The first-order valence-corrected chi connectivity index (χ1v) is 8.80. The van der Waals surface area contributed by atoms with Crippen LogP contribution in [0.4, 0.5) is 0 Å². The fourth-order valence-electron chi connectivity index (χ4n) is 3.20. The Kier molecular flexibility index (Phi) is 5.73. The number of aromatic amines is 1. The summed E-state index contributed by atoms with van der Waals surface area (Å²) in [6.07, 6.45) is 3.41. The van der Waals surface area contributed by atoms with E-state index in [4.69, 9.17) is 9.47 Å². The number of nitrogens with zero attached hydrogens (tertiary/aromatic N) is 1. The van der Waals surface area contributed by atoms with E-state index in [2.05, 4.69) is 11.1 Å². The minimum Gasteiger partial charge on any atom is -0.491 e. The number of ether oxygens (including phenoxy) is 2. The summed E-state index contributed by atoms with van der Waals surface area (Å²) in [6.45, 7) is 3.72. The predicted molar refractivity (Wildman–Crippen MR) is 98.5 cm³/mol. The van der Waals surface area contributed by atoms with Crippen LogP contribution in [0.1, 0.15) is 34.5 Å². The summed E-state index contributed by atoms with van der Waals surface area (Å²) in [7, 11) is 1.42. The fraction of sp³-hybridized carbons (Fsp3) is 0.400. The van der Waals surface area contributed by atoms with Crippen LogP contribution in [-0.4, -0.2) is 42.2 Å². The molecule has 0 spiro atoms. The molecule has 138 valence electrons. The van der Waals surface area contributed by atoms with Crippen LogP contribution >= 0.6 is 0 Å². The van der Waals surface area contributed by atoms with Gasteiger partial charge in [0, 0.05) is 32.0 Å². The van der Waals surface area contributed by atoms with Crippen molar-refractivity contribution < 1.29 is 14.3 Å². The number of hydrogen-bond acceptors (Lipinski definition) is 4. The molecule has 1 N–H and O–H groups in total. The molecular weight excluding hydrogens is 332 g/mol.